The number of nitrogens with zero attached hydrogens (tertiary/aromatic N) is 1. The fourth-order valence-electron chi connectivity index (χ4n) is 4.08. The molecule has 0 aliphatic carbocycles. The molecule has 8 nitrogen and oxygen atoms in total. The Morgan fingerprint density at radius 3 is 2.42 bits per heavy atom. The predicted molar refractivity (Wildman–Crippen MR) is 140 cm³/mol. The van der Waals surface area contributed by atoms with Crippen LogP contribution in [-0.4, -0.2) is 31.9 Å². The zero-order chi connectivity index (χ0) is 25.9. The van der Waals surface area contributed by atoms with Crippen LogP contribution in [0.3, 0.4) is 0 Å². The van der Waals surface area contributed by atoms with Crippen molar-refractivity contribution < 1.29 is 22.7 Å². The molecular weight excluding hydrogens is 478 g/mol. The molecular formula is C27H27N3O5S. The lowest BCUT2D eigenvalue weighted by atomic mass is 10.1. The third kappa shape index (κ3) is 5.41. The van der Waals surface area contributed by atoms with Crippen molar-refractivity contribution in [3.8, 4) is 5.75 Å². The van der Waals surface area contributed by atoms with E-state index in [1.807, 2.05) is 31.2 Å². The van der Waals surface area contributed by atoms with Crippen molar-refractivity contribution in [1.82, 2.24) is 4.57 Å². The summed E-state index contributed by atoms with van der Waals surface area (Å²) < 4.78 is 33.8. The highest BCUT2D eigenvalue weighted by Gasteiger charge is 2.23. The first-order valence-corrected chi connectivity index (χ1v) is 12.9. The Hall–Kier alpha value is -4.11. The molecule has 0 aliphatic heterocycles. The third-order valence-electron chi connectivity index (χ3n) is 5.80. The molecule has 0 aliphatic rings. The van der Waals surface area contributed by atoms with E-state index in [1.165, 1.54) is 20.2 Å². The number of anilines is 2. The number of rotatable bonds is 8. The van der Waals surface area contributed by atoms with Gasteiger partial charge in [-0.3, -0.25) is 9.59 Å². The predicted octanol–water partition coefficient (Wildman–Crippen LogP) is 4.53. The van der Waals surface area contributed by atoms with Crippen LogP contribution >= 0.6 is 0 Å². The summed E-state index contributed by atoms with van der Waals surface area (Å²) >= 11 is 0. The molecule has 0 fully saturated rings. The van der Waals surface area contributed by atoms with E-state index in [0.29, 0.717) is 28.0 Å². The number of aromatic nitrogens is 1. The van der Waals surface area contributed by atoms with Gasteiger partial charge in [0.1, 0.15) is 12.3 Å². The minimum Gasteiger partial charge on any atom is -0.495 e. The fraction of sp³-hybridized carbons (Fsp3) is 0.185. The van der Waals surface area contributed by atoms with Gasteiger partial charge in [0.2, 0.25) is 11.8 Å². The molecule has 186 valence electrons. The number of hydrogen-bond acceptors (Lipinski definition) is 5. The quantitative estimate of drug-likeness (QED) is 0.366. The number of nitrogens with one attached hydrogen (secondary N) is 2. The van der Waals surface area contributed by atoms with Gasteiger partial charge in [0, 0.05) is 29.7 Å². The summed E-state index contributed by atoms with van der Waals surface area (Å²) in [4.78, 5) is 24.6. The normalized spacial score (nSPS) is 11.3. The Bertz CT molecular complexity index is 1560. The number of carbonyl (C=O) groups excluding carboxylic acids is 2. The van der Waals surface area contributed by atoms with Crippen LogP contribution in [0.5, 0.6) is 5.75 Å². The van der Waals surface area contributed by atoms with Gasteiger partial charge < -0.3 is 19.9 Å². The van der Waals surface area contributed by atoms with Crippen LogP contribution in [0.4, 0.5) is 11.4 Å². The molecule has 4 rings (SSSR count). The van der Waals surface area contributed by atoms with Crippen LogP contribution in [0.1, 0.15) is 18.1 Å². The van der Waals surface area contributed by atoms with Crippen LogP contribution in [0.25, 0.3) is 10.9 Å². The van der Waals surface area contributed by atoms with Crippen molar-refractivity contribution in [1.29, 1.82) is 0 Å². The molecule has 2 amide bonds. The smallest absolute Gasteiger partial charge is 0.244 e. The number of methoxy groups -OCH3 is 1. The Morgan fingerprint density at radius 2 is 1.69 bits per heavy atom. The summed E-state index contributed by atoms with van der Waals surface area (Å²) in [6.07, 6.45) is 1.52. The maximum Gasteiger partial charge on any atom is 0.244 e. The monoisotopic (exact) mass is 505 g/mol. The molecule has 9 heteroatoms. The van der Waals surface area contributed by atoms with E-state index in [9.17, 15) is 18.0 Å². The average Bonchev–Trinajstić information content (AvgIpc) is 3.19. The zero-order valence-electron chi connectivity index (χ0n) is 20.2. The molecule has 0 bridgehead atoms. The second-order valence-electron chi connectivity index (χ2n) is 8.47. The Labute approximate surface area is 209 Å². The standard InChI is InChI=1S/C27H27N3O5S/c1-18-8-4-5-9-20(18)17-36(33,34)26-15-30(24-11-7-6-10-22(24)26)16-27(32)29-23-14-21(28-19(2)31)12-13-25(23)35-3/h4-15H,16-17H2,1-3H3,(H,28,31)(H,29,32). The molecule has 0 saturated carbocycles. The largest absolute Gasteiger partial charge is 0.495 e. The van der Waals surface area contributed by atoms with Gasteiger partial charge in [-0.25, -0.2) is 8.42 Å². The van der Waals surface area contributed by atoms with Crippen molar-refractivity contribution >= 4 is 43.9 Å². The van der Waals surface area contributed by atoms with Gasteiger partial charge in [0.15, 0.2) is 9.84 Å². The number of benzene rings is 3. The van der Waals surface area contributed by atoms with Crippen LogP contribution < -0.4 is 15.4 Å². The molecule has 0 saturated heterocycles. The molecule has 0 radical (unpaired) electrons. The summed E-state index contributed by atoms with van der Waals surface area (Å²) in [5.74, 6) is -0.323. The molecule has 1 heterocycles. The maximum absolute atomic E-state index is 13.4. The van der Waals surface area contributed by atoms with Gasteiger partial charge in [-0.2, -0.15) is 0 Å². The second-order valence-corrected chi connectivity index (χ2v) is 10.4. The first kappa shape index (κ1) is 25.0. The number of carbonyl (C=O) groups is 2. The maximum atomic E-state index is 13.4. The van der Waals surface area contributed by atoms with Crippen molar-refractivity contribution in [2.75, 3.05) is 17.7 Å². The highest BCUT2D eigenvalue weighted by Crippen LogP contribution is 2.30. The Morgan fingerprint density at radius 1 is 0.972 bits per heavy atom. The first-order valence-electron chi connectivity index (χ1n) is 11.3. The molecule has 4 aromatic rings. The number of ether oxygens (including phenoxy) is 1. The van der Waals surface area contributed by atoms with E-state index >= 15 is 0 Å². The summed E-state index contributed by atoms with van der Waals surface area (Å²) in [5, 5.41) is 6.03. The molecule has 3 aromatic carbocycles. The second kappa shape index (κ2) is 10.2. The minimum atomic E-state index is -3.68. The Kier molecular flexibility index (Phi) is 7.12. The van der Waals surface area contributed by atoms with E-state index in [-0.39, 0.29) is 29.0 Å². The topological polar surface area (TPSA) is 106 Å². The highest BCUT2D eigenvalue weighted by molar-refractivity contribution is 7.90. The molecule has 2 N–H and O–H groups in total. The van der Waals surface area contributed by atoms with Gasteiger partial charge >= 0.3 is 0 Å². The number of aryl methyl sites for hydroxylation is 1. The van der Waals surface area contributed by atoms with E-state index < -0.39 is 9.84 Å². The van der Waals surface area contributed by atoms with Crippen molar-refractivity contribution in [3.63, 3.8) is 0 Å². The number of amides is 2. The van der Waals surface area contributed by atoms with E-state index in [0.717, 1.165) is 11.1 Å². The lowest BCUT2D eigenvalue weighted by Crippen LogP contribution is -2.19. The summed E-state index contributed by atoms with van der Waals surface area (Å²) in [6, 6.07) is 19.4. The minimum absolute atomic E-state index is 0.117. The third-order valence-corrected chi connectivity index (χ3v) is 7.49. The molecule has 1 aromatic heterocycles. The lowest BCUT2D eigenvalue weighted by molar-refractivity contribution is -0.116. The van der Waals surface area contributed by atoms with E-state index in [4.69, 9.17) is 4.74 Å². The molecule has 36 heavy (non-hydrogen) atoms. The van der Waals surface area contributed by atoms with Crippen molar-refractivity contribution in [2.45, 2.75) is 31.0 Å². The van der Waals surface area contributed by atoms with Crippen molar-refractivity contribution in [2.24, 2.45) is 0 Å². The zero-order valence-corrected chi connectivity index (χ0v) is 21.1. The van der Waals surface area contributed by atoms with Crippen LogP contribution in [-0.2, 0) is 31.7 Å². The van der Waals surface area contributed by atoms with Crippen molar-refractivity contribution in [3.05, 3.63) is 84.1 Å². The van der Waals surface area contributed by atoms with Gasteiger partial charge in [-0.15, -0.1) is 0 Å². The summed E-state index contributed by atoms with van der Waals surface area (Å²) in [5.41, 5.74) is 3.17. The summed E-state index contributed by atoms with van der Waals surface area (Å²) in [6.45, 7) is 3.16. The van der Waals surface area contributed by atoms with Gasteiger partial charge in [0.25, 0.3) is 0 Å². The number of sulfone groups is 1. The van der Waals surface area contributed by atoms with Crippen LogP contribution in [0.2, 0.25) is 0 Å². The number of para-hydroxylation sites is 1. The Balaban J connectivity index is 1.63. The highest BCUT2D eigenvalue weighted by atomic mass is 32.2. The fourth-order valence-corrected chi connectivity index (χ4v) is 5.76. The molecule has 0 unspecified atom stereocenters. The SMILES string of the molecule is COc1ccc(NC(C)=O)cc1NC(=O)Cn1cc(S(=O)(=O)Cc2ccccc2C)c2ccccc21. The first-order chi connectivity index (χ1) is 17.2. The van der Waals surface area contributed by atoms with Gasteiger partial charge in [-0.1, -0.05) is 42.5 Å². The van der Waals surface area contributed by atoms with E-state index in [1.54, 1.807) is 47.0 Å². The van der Waals surface area contributed by atoms with E-state index in [2.05, 4.69) is 10.6 Å². The molecule has 0 atom stereocenters. The van der Waals surface area contributed by atoms with Gasteiger partial charge in [-0.05, 0) is 42.3 Å². The van der Waals surface area contributed by atoms with Crippen LogP contribution in [0.15, 0.2) is 77.8 Å². The van der Waals surface area contributed by atoms with Crippen LogP contribution in [0, 0.1) is 6.92 Å². The average molecular weight is 506 g/mol. The lowest BCUT2D eigenvalue weighted by Gasteiger charge is -2.13. The number of hydrogen-bond donors (Lipinski definition) is 2. The molecule has 0 spiro atoms. The summed E-state index contributed by atoms with van der Waals surface area (Å²) in [7, 11) is -2.20. The number of fused-ring (bicyclic) bond motifs is 1. The van der Waals surface area contributed by atoms with Gasteiger partial charge in [0.05, 0.1) is 23.4 Å².